The molecule has 1 heterocycles. The van der Waals surface area contributed by atoms with Crippen molar-refractivity contribution in [2.45, 2.75) is 23.9 Å². The van der Waals surface area contributed by atoms with E-state index in [2.05, 4.69) is 0 Å². The molecule has 128 valence electrons. The summed E-state index contributed by atoms with van der Waals surface area (Å²) in [4.78, 5) is 10.4. The molecule has 1 aliphatic rings. The van der Waals surface area contributed by atoms with Gasteiger partial charge < -0.3 is 5.73 Å². The average Bonchev–Trinajstić information content (AvgIpc) is 2.46. The van der Waals surface area contributed by atoms with Gasteiger partial charge in [-0.25, -0.2) is 8.42 Å². The van der Waals surface area contributed by atoms with Crippen LogP contribution in [0.1, 0.15) is 18.4 Å². The van der Waals surface area contributed by atoms with Gasteiger partial charge in [-0.05, 0) is 31.0 Å². The molecule has 0 spiro atoms. The van der Waals surface area contributed by atoms with Gasteiger partial charge in [-0.15, -0.1) is 0 Å². The van der Waals surface area contributed by atoms with E-state index in [0.717, 1.165) is 16.4 Å². The summed E-state index contributed by atoms with van der Waals surface area (Å²) in [5.74, 6) is -1.38. The van der Waals surface area contributed by atoms with Crippen molar-refractivity contribution in [2.24, 2.45) is 11.7 Å². The molecule has 0 aliphatic carbocycles. The van der Waals surface area contributed by atoms with Crippen LogP contribution >= 0.6 is 11.6 Å². The third-order valence-corrected chi connectivity index (χ3v) is 5.81. The first kappa shape index (κ1) is 18.0. The molecule has 1 saturated heterocycles. The number of nitrogens with zero attached hydrogens (tertiary/aromatic N) is 1. The number of carbonyl (C=O) groups excluding carboxylic acids is 1. The summed E-state index contributed by atoms with van der Waals surface area (Å²) in [7, 11) is -4.41. The van der Waals surface area contributed by atoms with Gasteiger partial charge in [0.2, 0.25) is 15.9 Å². The molecule has 2 N–H and O–H groups in total. The van der Waals surface area contributed by atoms with Crippen molar-refractivity contribution < 1.29 is 26.4 Å². The number of halogens is 4. The highest BCUT2D eigenvalue weighted by atomic mass is 35.5. The predicted molar refractivity (Wildman–Crippen MR) is 77.1 cm³/mol. The summed E-state index contributed by atoms with van der Waals surface area (Å²) in [6.45, 7) is -0.191. The van der Waals surface area contributed by atoms with Crippen LogP contribution in [0.15, 0.2) is 23.1 Å². The van der Waals surface area contributed by atoms with Crippen molar-refractivity contribution in [3.05, 3.63) is 28.8 Å². The molecule has 1 amide bonds. The highest BCUT2D eigenvalue weighted by molar-refractivity contribution is 7.89. The van der Waals surface area contributed by atoms with E-state index in [9.17, 15) is 26.4 Å². The van der Waals surface area contributed by atoms with Crippen molar-refractivity contribution in [2.75, 3.05) is 13.1 Å². The number of piperidine rings is 1. The van der Waals surface area contributed by atoms with Gasteiger partial charge in [0.15, 0.2) is 0 Å². The van der Waals surface area contributed by atoms with Crippen LogP contribution in [-0.4, -0.2) is 31.7 Å². The van der Waals surface area contributed by atoms with Gasteiger partial charge in [-0.3, -0.25) is 4.79 Å². The van der Waals surface area contributed by atoms with Crippen molar-refractivity contribution in [3.63, 3.8) is 0 Å². The molecule has 10 heteroatoms. The number of benzene rings is 1. The Hall–Kier alpha value is -1.32. The first-order valence-corrected chi connectivity index (χ1v) is 8.51. The highest BCUT2D eigenvalue weighted by Gasteiger charge is 2.40. The third kappa shape index (κ3) is 3.78. The quantitative estimate of drug-likeness (QED) is 0.886. The van der Waals surface area contributed by atoms with Gasteiger partial charge in [-0.1, -0.05) is 11.6 Å². The van der Waals surface area contributed by atoms with E-state index in [4.69, 9.17) is 17.3 Å². The summed E-state index contributed by atoms with van der Waals surface area (Å²) in [5, 5.41) is -0.218. The maximum Gasteiger partial charge on any atom is 0.417 e. The average molecular weight is 371 g/mol. The lowest BCUT2D eigenvalue weighted by Crippen LogP contribution is -2.44. The fraction of sp³-hybridized carbons (Fsp3) is 0.462. The normalized spacial score (nSPS) is 20.4. The lowest BCUT2D eigenvalue weighted by atomic mass is 9.99. The summed E-state index contributed by atoms with van der Waals surface area (Å²) < 4.78 is 65.3. The van der Waals surface area contributed by atoms with E-state index >= 15 is 0 Å². The Kier molecular flexibility index (Phi) is 4.93. The number of alkyl halides is 3. The van der Waals surface area contributed by atoms with E-state index in [1.54, 1.807) is 0 Å². The van der Waals surface area contributed by atoms with Crippen LogP contribution in [0.2, 0.25) is 5.02 Å². The SMILES string of the molecule is NC(=O)[C@@H]1CCCN(S(=O)(=O)c2ccc(Cl)cc2C(F)(F)F)C1. The fourth-order valence-corrected chi connectivity index (χ4v) is 4.37. The Morgan fingerprint density at radius 2 is 2.00 bits per heavy atom. The minimum absolute atomic E-state index is 0.0338. The lowest BCUT2D eigenvalue weighted by molar-refractivity contribution is -0.140. The van der Waals surface area contributed by atoms with Crippen LogP contribution in [0.4, 0.5) is 13.2 Å². The minimum atomic E-state index is -4.87. The van der Waals surface area contributed by atoms with Gasteiger partial charge in [0.1, 0.15) is 0 Å². The second-order valence-corrected chi connectivity index (χ2v) is 7.59. The molecule has 1 aliphatic heterocycles. The largest absolute Gasteiger partial charge is 0.417 e. The van der Waals surface area contributed by atoms with Crippen LogP contribution in [0, 0.1) is 5.92 Å². The molecule has 0 radical (unpaired) electrons. The van der Waals surface area contributed by atoms with E-state index in [0.29, 0.717) is 18.9 Å². The van der Waals surface area contributed by atoms with Crippen molar-refractivity contribution in [1.29, 1.82) is 0 Å². The van der Waals surface area contributed by atoms with Gasteiger partial charge in [0, 0.05) is 18.1 Å². The smallest absolute Gasteiger partial charge is 0.369 e. The summed E-state index contributed by atoms with van der Waals surface area (Å²) >= 11 is 5.55. The number of sulfonamides is 1. The zero-order valence-electron chi connectivity index (χ0n) is 11.8. The van der Waals surface area contributed by atoms with E-state index < -0.39 is 38.5 Å². The molecular formula is C13H14ClF3N2O3S. The van der Waals surface area contributed by atoms with Gasteiger partial charge in [0.05, 0.1) is 16.4 Å². The van der Waals surface area contributed by atoms with Gasteiger partial charge in [-0.2, -0.15) is 17.5 Å². The van der Waals surface area contributed by atoms with E-state index in [1.165, 1.54) is 0 Å². The topological polar surface area (TPSA) is 80.5 Å². The summed E-state index contributed by atoms with van der Waals surface area (Å²) in [5.41, 5.74) is 3.84. The molecule has 0 bridgehead atoms. The maximum absolute atomic E-state index is 13.1. The Labute approximate surface area is 136 Å². The lowest BCUT2D eigenvalue weighted by Gasteiger charge is -2.31. The molecular weight excluding hydrogens is 357 g/mol. The molecule has 1 aromatic rings. The second-order valence-electron chi connectivity index (χ2n) is 5.24. The number of nitrogens with two attached hydrogens (primary N) is 1. The standard InChI is InChI=1S/C13H14ClF3N2O3S/c14-9-3-4-11(10(6-9)13(15,16)17)23(21,22)19-5-1-2-8(7-19)12(18)20/h3-4,6,8H,1-2,5,7H2,(H2,18,20)/t8-/m1/s1. The van der Waals surface area contributed by atoms with Crippen LogP contribution < -0.4 is 5.73 Å². The molecule has 2 rings (SSSR count). The number of hydrogen-bond donors (Lipinski definition) is 1. The van der Waals surface area contributed by atoms with Crippen molar-refractivity contribution in [3.8, 4) is 0 Å². The molecule has 23 heavy (non-hydrogen) atoms. The first-order valence-electron chi connectivity index (χ1n) is 6.69. The second kappa shape index (κ2) is 6.29. The van der Waals surface area contributed by atoms with Crippen LogP contribution in [0.3, 0.4) is 0 Å². The molecule has 0 aromatic heterocycles. The van der Waals surface area contributed by atoms with Crippen LogP contribution in [0.5, 0.6) is 0 Å². The highest BCUT2D eigenvalue weighted by Crippen LogP contribution is 2.37. The minimum Gasteiger partial charge on any atom is -0.369 e. The van der Waals surface area contributed by atoms with Crippen LogP contribution in [-0.2, 0) is 21.0 Å². The van der Waals surface area contributed by atoms with E-state index in [-0.39, 0.29) is 18.1 Å². The maximum atomic E-state index is 13.1. The number of primary amides is 1. The van der Waals surface area contributed by atoms with Crippen molar-refractivity contribution in [1.82, 2.24) is 4.31 Å². The summed E-state index contributed by atoms with van der Waals surface area (Å²) in [6.07, 6.45) is -4.11. The monoisotopic (exact) mass is 370 g/mol. The molecule has 1 fully saturated rings. The molecule has 0 unspecified atom stereocenters. The van der Waals surface area contributed by atoms with Crippen molar-refractivity contribution >= 4 is 27.5 Å². The van der Waals surface area contributed by atoms with Gasteiger partial charge >= 0.3 is 6.18 Å². The zero-order chi connectivity index (χ0) is 17.4. The Morgan fingerprint density at radius 3 is 2.57 bits per heavy atom. The van der Waals surface area contributed by atoms with Gasteiger partial charge in [0.25, 0.3) is 0 Å². The number of amides is 1. The molecule has 5 nitrogen and oxygen atoms in total. The Morgan fingerprint density at radius 1 is 1.35 bits per heavy atom. The van der Waals surface area contributed by atoms with E-state index in [1.807, 2.05) is 0 Å². The number of carbonyl (C=O) groups is 1. The predicted octanol–water partition coefficient (Wildman–Crippen LogP) is 2.24. The zero-order valence-corrected chi connectivity index (χ0v) is 13.4. The fourth-order valence-electron chi connectivity index (χ4n) is 2.48. The molecule has 1 aromatic carbocycles. The third-order valence-electron chi connectivity index (χ3n) is 3.65. The molecule has 0 saturated carbocycles. The van der Waals surface area contributed by atoms with Crippen LogP contribution in [0.25, 0.3) is 0 Å². The Balaban J connectivity index is 2.46. The number of hydrogen-bond acceptors (Lipinski definition) is 3. The molecule has 1 atom stereocenters. The Bertz CT molecular complexity index is 722. The summed E-state index contributed by atoms with van der Waals surface area (Å²) in [6, 6.07) is 2.48. The number of rotatable bonds is 3. The first-order chi connectivity index (χ1) is 10.5.